The van der Waals surface area contributed by atoms with Gasteiger partial charge in [-0.1, -0.05) is 0 Å². The van der Waals surface area contributed by atoms with Crippen LogP contribution >= 0.6 is 11.3 Å². The third-order valence-corrected chi connectivity index (χ3v) is 6.24. The summed E-state index contributed by atoms with van der Waals surface area (Å²) in [6.45, 7) is 6.98. The molecule has 1 heterocycles. The van der Waals surface area contributed by atoms with Crippen LogP contribution in [0.4, 0.5) is 4.39 Å². The Kier molecular flexibility index (Phi) is 4.51. The van der Waals surface area contributed by atoms with Crippen LogP contribution in [0, 0.1) is 26.6 Å². The predicted octanol–water partition coefficient (Wildman–Crippen LogP) is 3.85. The summed E-state index contributed by atoms with van der Waals surface area (Å²) in [6, 6.07) is 6.03. The quantitative estimate of drug-likeness (QED) is 0.927. The number of nitrogens with one attached hydrogen (secondary N) is 1. The molecule has 0 aliphatic carbocycles. The van der Waals surface area contributed by atoms with E-state index in [1.165, 1.54) is 12.1 Å². The molecule has 1 atom stereocenters. The van der Waals surface area contributed by atoms with Crippen molar-refractivity contribution < 1.29 is 12.8 Å². The molecular formula is C15H18FNO2S2. The topological polar surface area (TPSA) is 46.2 Å². The molecule has 1 aromatic heterocycles. The average molecular weight is 327 g/mol. The largest absolute Gasteiger partial charge is 0.241 e. The molecule has 0 aliphatic heterocycles. The van der Waals surface area contributed by atoms with Gasteiger partial charge in [-0.3, -0.25) is 0 Å². The van der Waals surface area contributed by atoms with Crippen molar-refractivity contribution in [1.29, 1.82) is 0 Å². The van der Waals surface area contributed by atoms with Gasteiger partial charge in [-0.15, -0.1) is 11.3 Å². The summed E-state index contributed by atoms with van der Waals surface area (Å²) < 4.78 is 41.1. The van der Waals surface area contributed by atoms with E-state index in [9.17, 15) is 12.8 Å². The van der Waals surface area contributed by atoms with Crippen LogP contribution in [-0.2, 0) is 10.0 Å². The van der Waals surface area contributed by atoms with Gasteiger partial charge in [0.15, 0.2) is 0 Å². The van der Waals surface area contributed by atoms with Gasteiger partial charge in [-0.25, -0.2) is 17.5 Å². The highest BCUT2D eigenvalue weighted by molar-refractivity contribution is 7.89. The summed E-state index contributed by atoms with van der Waals surface area (Å²) in [7, 11) is -3.69. The van der Waals surface area contributed by atoms with Crippen LogP contribution in [0.15, 0.2) is 29.2 Å². The highest BCUT2D eigenvalue weighted by Crippen LogP contribution is 2.26. The van der Waals surface area contributed by atoms with Crippen molar-refractivity contribution in [1.82, 2.24) is 4.72 Å². The minimum atomic E-state index is -3.69. The van der Waals surface area contributed by atoms with Crippen LogP contribution in [0.1, 0.15) is 33.8 Å². The van der Waals surface area contributed by atoms with Gasteiger partial charge >= 0.3 is 0 Å². The van der Waals surface area contributed by atoms with Crippen LogP contribution < -0.4 is 4.72 Å². The Hall–Kier alpha value is -1.24. The first kappa shape index (κ1) is 16.1. The van der Waals surface area contributed by atoms with Gasteiger partial charge in [-0.2, -0.15) is 0 Å². The fraction of sp³-hybridized carbons (Fsp3) is 0.333. The van der Waals surface area contributed by atoms with E-state index in [0.29, 0.717) is 11.1 Å². The zero-order chi connectivity index (χ0) is 15.8. The Balaban J connectivity index is 2.35. The molecule has 0 radical (unpaired) electrons. The summed E-state index contributed by atoms with van der Waals surface area (Å²) >= 11 is 1.56. The van der Waals surface area contributed by atoms with Crippen LogP contribution in [0.3, 0.4) is 0 Å². The summed E-state index contributed by atoms with van der Waals surface area (Å²) in [6.07, 6.45) is 0. The van der Waals surface area contributed by atoms with Crippen molar-refractivity contribution >= 4 is 21.4 Å². The second-order valence-corrected chi connectivity index (χ2v) is 8.13. The van der Waals surface area contributed by atoms with Gasteiger partial charge in [0.05, 0.1) is 10.9 Å². The standard InChI is InChI=1S/C15H18FNO2S2/c1-9-7-13(16)8-10(2)15(9)21(18,19)17-12(4)14-6-5-11(3)20-14/h5-8,12,17H,1-4H3. The molecule has 114 valence electrons. The lowest BCUT2D eigenvalue weighted by atomic mass is 10.1. The molecule has 1 unspecified atom stereocenters. The molecule has 2 rings (SSSR count). The number of benzene rings is 1. The summed E-state index contributed by atoms with van der Waals surface area (Å²) in [5.74, 6) is -0.425. The molecule has 21 heavy (non-hydrogen) atoms. The minimum absolute atomic E-state index is 0.157. The second-order valence-electron chi connectivity index (χ2n) is 5.16. The van der Waals surface area contributed by atoms with Gasteiger partial charge in [0.2, 0.25) is 10.0 Å². The lowest BCUT2D eigenvalue weighted by Crippen LogP contribution is -2.27. The van der Waals surface area contributed by atoms with Crippen LogP contribution in [0.2, 0.25) is 0 Å². The number of hydrogen-bond donors (Lipinski definition) is 1. The Morgan fingerprint density at radius 1 is 1.14 bits per heavy atom. The maximum absolute atomic E-state index is 13.3. The predicted molar refractivity (Wildman–Crippen MR) is 83.7 cm³/mol. The van der Waals surface area contributed by atoms with E-state index in [4.69, 9.17) is 0 Å². The highest BCUT2D eigenvalue weighted by atomic mass is 32.2. The van der Waals surface area contributed by atoms with E-state index in [2.05, 4.69) is 4.72 Å². The van der Waals surface area contributed by atoms with Gasteiger partial charge in [-0.05, 0) is 63.1 Å². The first-order chi connectivity index (χ1) is 9.70. The molecule has 6 heteroatoms. The van der Waals surface area contributed by atoms with Crippen molar-refractivity contribution in [3.8, 4) is 0 Å². The van der Waals surface area contributed by atoms with Crippen molar-refractivity contribution in [2.24, 2.45) is 0 Å². The van der Waals surface area contributed by atoms with Crippen LogP contribution in [-0.4, -0.2) is 8.42 Å². The van der Waals surface area contributed by atoms with E-state index < -0.39 is 15.8 Å². The number of hydrogen-bond acceptors (Lipinski definition) is 3. The van der Waals surface area contributed by atoms with E-state index in [-0.39, 0.29) is 10.9 Å². The molecule has 3 nitrogen and oxygen atoms in total. The number of halogens is 1. The van der Waals surface area contributed by atoms with Gasteiger partial charge in [0.1, 0.15) is 5.82 Å². The van der Waals surface area contributed by atoms with E-state index in [1.807, 2.05) is 19.1 Å². The lowest BCUT2D eigenvalue weighted by molar-refractivity contribution is 0.566. The maximum atomic E-state index is 13.3. The van der Waals surface area contributed by atoms with Crippen molar-refractivity contribution in [2.45, 2.75) is 38.6 Å². The number of aryl methyl sites for hydroxylation is 3. The third kappa shape index (κ3) is 3.51. The SMILES string of the molecule is Cc1ccc(C(C)NS(=O)(=O)c2c(C)cc(F)cc2C)s1. The third-order valence-electron chi connectivity index (χ3n) is 3.21. The molecule has 0 amide bonds. The first-order valence-corrected chi connectivity index (χ1v) is 8.86. The second kappa shape index (κ2) is 5.87. The number of thiophene rings is 1. The van der Waals surface area contributed by atoms with E-state index >= 15 is 0 Å². The highest BCUT2D eigenvalue weighted by Gasteiger charge is 2.23. The molecule has 0 bridgehead atoms. The van der Waals surface area contributed by atoms with Gasteiger partial charge in [0.25, 0.3) is 0 Å². The Bertz CT molecular complexity index is 743. The normalized spacial score (nSPS) is 13.4. The lowest BCUT2D eigenvalue weighted by Gasteiger charge is -2.16. The summed E-state index contributed by atoms with van der Waals surface area (Å²) in [5, 5.41) is 0. The molecule has 0 fully saturated rings. The van der Waals surface area contributed by atoms with Crippen molar-refractivity contribution in [2.75, 3.05) is 0 Å². The Morgan fingerprint density at radius 2 is 1.71 bits per heavy atom. The molecule has 0 saturated carbocycles. The molecule has 1 N–H and O–H groups in total. The fourth-order valence-electron chi connectivity index (χ4n) is 2.36. The zero-order valence-electron chi connectivity index (χ0n) is 12.4. The number of rotatable bonds is 4. The molecule has 0 spiro atoms. The smallest absolute Gasteiger partial charge is 0.207 e. The van der Waals surface area contributed by atoms with Crippen molar-refractivity contribution in [3.05, 3.63) is 51.0 Å². The van der Waals surface area contributed by atoms with Crippen LogP contribution in [0.25, 0.3) is 0 Å². The Labute approximate surface area is 128 Å². The van der Waals surface area contributed by atoms with Gasteiger partial charge in [0, 0.05) is 9.75 Å². The molecular weight excluding hydrogens is 309 g/mol. The zero-order valence-corrected chi connectivity index (χ0v) is 14.0. The maximum Gasteiger partial charge on any atom is 0.241 e. The molecule has 0 saturated heterocycles. The number of sulfonamides is 1. The average Bonchev–Trinajstić information content (AvgIpc) is 2.73. The van der Waals surface area contributed by atoms with E-state index in [1.54, 1.807) is 32.1 Å². The molecule has 0 aliphatic rings. The van der Waals surface area contributed by atoms with Gasteiger partial charge < -0.3 is 0 Å². The Morgan fingerprint density at radius 3 is 2.19 bits per heavy atom. The monoisotopic (exact) mass is 327 g/mol. The summed E-state index contributed by atoms with van der Waals surface area (Å²) in [5.41, 5.74) is 0.823. The minimum Gasteiger partial charge on any atom is -0.207 e. The fourth-order valence-corrected chi connectivity index (χ4v) is 4.99. The van der Waals surface area contributed by atoms with E-state index in [0.717, 1.165) is 9.75 Å². The van der Waals surface area contributed by atoms with Crippen LogP contribution in [0.5, 0.6) is 0 Å². The molecule has 2 aromatic rings. The molecule has 1 aromatic carbocycles. The summed E-state index contributed by atoms with van der Waals surface area (Å²) in [4.78, 5) is 2.24. The first-order valence-electron chi connectivity index (χ1n) is 6.56. The van der Waals surface area contributed by atoms with Crippen molar-refractivity contribution in [3.63, 3.8) is 0 Å².